The highest BCUT2D eigenvalue weighted by Gasteiger charge is 2.15. The van der Waals surface area contributed by atoms with Crippen molar-refractivity contribution in [2.75, 3.05) is 6.61 Å². The largest absolute Gasteiger partial charge is 0.454 e. The maximum Gasteiger partial charge on any atom is 0.338 e. The zero-order chi connectivity index (χ0) is 16.3. The number of benzene rings is 2. The van der Waals surface area contributed by atoms with E-state index in [1.807, 2.05) is 0 Å². The molecule has 0 heterocycles. The summed E-state index contributed by atoms with van der Waals surface area (Å²) < 4.78 is 4.94. The van der Waals surface area contributed by atoms with Crippen molar-refractivity contribution >= 4 is 58.2 Å². The molecule has 2 aromatic rings. The second-order valence-corrected chi connectivity index (χ2v) is 5.91. The minimum atomic E-state index is -0.683. The second-order valence-electron chi connectivity index (χ2n) is 4.25. The molecule has 0 bridgehead atoms. The molecule has 0 unspecified atom stereocenters. The zero-order valence-electron chi connectivity index (χ0n) is 10.9. The third-order valence-electron chi connectivity index (χ3n) is 2.72. The van der Waals surface area contributed by atoms with Gasteiger partial charge in [-0.3, -0.25) is 4.79 Å². The van der Waals surface area contributed by atoms with E-state index in [4.69, 9.17) is 51.1 Å². The maximum absolute atomic E-state index is 12.0. The highest BCUT2D eigenvalue weighted by atomic mass is 35.5. The Labute approximate surface area is 146 Å². The van der Waals surface area contributed by atoms with Crippen molar-refractivity contribution in [3.8, 4) is 0 Å². The molecule has 0 saturated carbocycles. The van der Waals surface area contributed by atoms with E-state index >= 15 is 0 Å². The van der Waals surface area contributed by atoms with Crippen LogP contribution in [0.25, 0.3) is 0 Å². The Hall–Kier alpha value is -1.26. The number of carbonyl (C=O) groups is 2. The van der Waals surface area contributed by atoms with E-state index in [0.29, 0.717) is 10.0 Å². The molecule has 3 nitrogen and oxygen atoms in total. The third-order valence-corrected chi connectivity index (χ3v) is 4.01. The van der Waals surface area contributed by atoms with E-state index in [-0.39, 0.29) is 21.2 Å². The Morgan fingerprint density at radius 1 is 0.864 bits per heavy atom. The SMILES string of the molecule is O=C(OCC(=O)c1ccc(Cl)cc1Cl)c1ccc(Cl)c(Cl)c1. The van der Waals surface area contributed by atoms with Crippen molar-refractivity contribution in [1.82, 2.24) is 0 Å². The molecule has 22 heavy (non-hydrogen) atoms. The molecule has 0 aliphatic rings. The molecule has 114 valence electrons. The first-order chi connectivity index (χ1) is 10.4. The van der Waals surface area contributed by atoms with Gasteiger partial charge in [-0.1, -0.05) is 46.4 Å². The number of ether oxygens (including phenoxy) is 1. The van der Waals surface area contributed by atoms with Gasteiger partial charge < -0.3 is 4.74 Å². The summed E-state index contributed by atoms with van der Waals surface area (Å²) in [7, 11) is 0. The number of rotatable bonds is 4. The molecular weight excluding hydrogens is 370 g/mol. The van der Waals surface area contributed by atoms with Crippen LogP contribution in [0.2, 0.25) is 20.1 Å². The molecule has 0 aromatic heterocycles. The fourth-order valence-electron chi connectivity index (χ4n) is 1.63. The molecule has 0 radical (unpaired) electrons. The van der Waals surface area contributed by atoms with Crippen molar-refractivity contribution in [2.45, 2.75) is 0 Å². The Balaban J connectivity index is 2.04. The molecule has 0 amide bonds. The number of halogens is 4. The first-order valence-corrected chi connectivity index (χ1v) is 7.50. The fourth-order valence-corrected chi connectivity index (χ4v) is 2.44. The fraction of sp³-hybridized carbons (Fsp3) is 0.0667. The smallest absolute Gasteiger partial charge is 0.338 e. The molecule has 0 N–H and O–H groups in total. The Kier molecular flexibility index (Phi) is 5.70. The van der Waals surface area contributed by atoms with Crippen LogP contribution in [0.5, 0.6) is 0 Å². The quantitative estimate of drug-likeness (QED) is 0.533. The monoisotopic (exact) mass is 376 g/mol. The molecule has 0 spiro atoms. The van der Waals surface area contributed by atoms with Crippen LogP contribution in [0.15, 0.2) is 36.4 Å². The first-order valence-electron chi connectivity index (χ1n) is 5.99. The summed E-state index contributed by atoms with van der Waals surface area (Å²) in [6, 6.07) is 8.74. The van der Waals surface area contributed by atoms with Gasteiger partial charge in [0.2, 0.25) is 5.78 Å². The van der Waals surface area contributed by atoms with E-state index in [1.54, 1.807) is 0 Å². The van der Waals surface area contributed by atoms with Gasteiger partial charge in [0, 0.05) is 10.6 Å². The number of Topliss-reactive ketones (excluding diaryl/α,β-unsaturated/α-hetero) is 1. The summed E-state index contributed by atoms with van der Waals surface area (Å²) in [4.78, 5) is 23.8. The summed E-state index contributed by atoms with van der Waals surface area (Å²) >= 11 is 23.2. The highest BCUT2D eigenvalue weighted by molar-refractivity contribution is 6.42. The minimum Gasteiger partial charge on any atom is -0.454 e. The van der Waals surface area contributed by atoms with Crippen LogP contribution in [0.3, 0.4) is 0 Å². The number of ketones is 1. The molecule has 0 fully saturated rings. The van der Waals surface area contributed by atoms with Gasteiger partial charge >= 0.3 is 5.97 Å². The normalized spacial score (nSPS) is 10.4. The lowest BCUT2D eigenvalue weighted by molar-refractivity contribution is 0.0475. The van der Waals surface area contributed by atoms with Crippen molar-refractivity contribution in [3.63, 3.8) is 0 Å². The van der Waals surface area contributed by atoms with Gasteiger partial charge in [-0.05, 0) is 36.4 Å². The molecule has 0 atom stereocenters. The minimum absolute atomic E-state index is 0.197. The van der Waals surface area contributed by atoms with Gasteiger partial charge in [0.1, 0.15) is 0 Å². The van der Waals surface area contributed by atoms with Crippen LogP contribution in [0, 0.1) is 0 Å². The van der Waals surface area contributed by atoms with E-state index < -0.39 is 18.4 Å². The number of hydrogen-bond donors (Lipinski definition) is 0. The van der Waals surface area contributed by atoms with Gasteiger partial charge in [0.25, 0.3) is 0 Å². The topological polar surface area (TPSA) is 43.4 Å². The second kappa shape index (κ2) is 7.34. The zero-order valence-corrected chi connectivity index (χ0v) is 13.9. The van der Waals surface area contributed by atoms with Crippen LogP contribution in [-0.2, 0) is 4.74 Å². The predicted octanol–water partition coefficient (Wildman–Crippen LogP) is 5.34. The first kappa shape index (κ1) is 17.1. The maximum atomic E-state index is 12.0. The highest BCUT2D eigenvalue weighted by Crippen LogP contribution is 2.23. The van der Waals surface area contributed by atoms with E-state index in [0.717, 1.165) is 0 Å². The Morgan fingerprint density at radius 2 is 1.59 bits per heavy atom. The van der Waals surface area contributed by atoms with Gasteiger partial charge in [0.15, 0.2) is 6.61 Å². The summed E-state index contributed by atoms with van der Waals surface area (Å²) in [6.07, 6.45) is 0. The van der Waals surface area contributed by atoms with Crippen LogP contribution in [-0.4, -0.2) is 18.4 Å². The third kappa shape index (κ3) is 4.14. The van der Waals surface area contributed by atoms with Crippen LogP contribution in [0.4, 0.5) is 0 Å². The number of carbonyl (C=O) groups excluding carboxylic acids is 2. The molecule has 7 heteroatoms. The average Bonchev–Trinajstić information content (AvgIpc) is 2.47. The molecule has 0 aliphatic heterocycles. The number of esters is 1. The molecule has 0 aliphatic carbocycles. The average molecular weight is 378 g/mol. The lowest BCUT2D eigenvalue weighted by Crippen LogP contribution is -2.14. The lowest BCUT2D eigenvalue weighted by atomic mass is 10.1. The summed E-state index contributed by atoms with van der Waals surface area (Å²) in [5.41, 5.74) is 0.428. The van der Waals surface area contributed by atoms with Crippen LogP contribution < -0.4 is 0 Å². The van der Waals surface area contributed by atoms with Crippen molar-refractivity contribution in [2.24, 2.45) is 0 Å². The molecular formula is C15H8Cl4O3. The van der Waals surface area contributed by atoms with E-state index in [2.05, 4.69) is 0 Å². The molecule has 2 aromatic carbocycles. The van der Waals surface area contributed by atoms with E-state index in [1.165, 1.54) is 36.4 Å². The lowest BCUT2D eigenvalue weighted by Gasteiger charge is -2.06. The predicted molar refractivity (Wildman–Crippen MR) is 87.5 cm³/mol. The van der Waals surface area contributed by atoms with Gasteiger partial charge in [-0.2, -0.15) is 0 Å². The van der Waals surface area contributed by atoms with Crippen molar-refractivity contribution < 1.29 is 14.3 Å². The van der Waals surface area contributed by atoms with Crippen molar-refractivity contribution in [1.29, 1.82) is 0 Å². The Bertz CT molecular complexity index is 744. The van der Waals surface area contributed by atoms with Gasteiger partial charge in [0.05, 0.1) is 20.6 Å². The van der Waals surface area contributed by atoms with Crippen LogP contribution in [0.1, 0.15) is 20.7 Å². The summed E-state index contributed by atoms with van der Waals surface area (Å²) in [5, 5.41) is 1.16. The standard InChI is InChI=1S/C15H8Cl4O3/c16-9-2-3-10(12(18)6-9)14(20)7-22-15(21)8-1-4-11(17)13(19)5-8/h1-6H,7H2. The number of hydrogen-bond acceptors (Lipinski definition) is 3. The Morgan fingerprint density at radius 3 is 2.23 bits per heavy atom. The van der Waals surface area contributed by atoms with Gasteiger partial charge in [-0.25, -0.2) is 4.79 Å². The van der Waals surface area contributed by atoms with Gasteiger partial charge in [-0.15, -0.1) is 0 Å². The molecule has 2 rings (SSSR count). The van der Waals surface area contributed by atoms with Crippen molar-refractivity contribution in [3.05, 3.63) is 67.6 Å². The summed E-state index contributed by atoms with van der Waals surface area (Å²) in [5.74, 6) is -1.12. The van der Waals surface area contributed by atoms with E-state index in [9.17, 15) is 9.59 Å². The summed E-state index contributed by atoms with van der Waals surface area (Å²) in [6.45, 7) is -0.444. The molecule has 0 saturated heterocycles. The van der Waals surface area contributed by atoms with Crippen LogP contribution >= 0.6 is 46.4 Å².